The summed E-state index contributed by atoms with van der Waals surface area (Å²) in [6.45, 7) is 3.50. The average molecular weight is 342 g/mol. The van der Waals surface area contributed by atoms with Crippen LogP contribution in [0.3, 0.4) is 0 Å². The third-order valence-electron chi connectivity index (χ3n) is 2.87. The maximum atomic E-state index is 12.6. The fourth-order valence-corrected chi connectivity index (χ4v) is 3.08. The zero-order chi connectivity index (χ0) is 14.0. The van der Waals surface area contributed by atoms with Gasteiger partial charge in [-0.1, -0.05) is 0 Å². The summed E-state index contributed by atoms with van der Waals surface area (Å²) in [6, 6.07) is 0. The molecule has 2 aromatic rings. The Morgan fingerprint density at radius 2 is 2.21 bits per heavy atom. The SMILES string of the molecule is Cc1cscc1C(=O)c1c(Br)cnn1CCN(C)C. The normalized spacial score (nSPS) is 11.2. The van der Waals surface area contributed by atoms with Crippen LogP contribution in [0.25, 0.3) is 0 Å². The maximum absolute atomic E-state index is 12.6. The van der Waals surface area contributed by atoms with Crippen LogP contribution in [-0.4, -0.2) is 41.1 Å². The predicted molar refractivity (Wildman–Crippen MR) is 81.0 cm³/mol. The third-order valence-corrected chi connectivity index (χ3v) is 4.31. The lowest BCUT2D eigenvalue weighted by Gasteiger charge is -2.11. The number of hydrogen-bond donors (Lipinski definition) is 0. The average Bonchev–Trinajstić information content (AvgIpc) is 2.92. The van der Waals surface area contributed by atoms with Gasteiger partial charge in [-0.25, -0.2) is 0 Å². The second-order valence-electron chi connectivity index (χ2n) is 4.67. The molecule has 0 atom stereocenters. The van der Waals surface area contributed by atoms with Crippen molar-refractivity contribution in [2.75, 3.05) is 20.6 Å². The summed E-state index contributed by atoms with van der Waals surface area (Å²) in [5.74, 6) is 0.0295. The fraction of sp³-hybridized carbons (Fsp3) is 0.385. The number of rotatable bonds is 5. The summed E-state index contributed by atoms with van der Waals surface area (Å²) >= 11 is 4.97. The molecule has 0 saturated heterocycles. The molecule has 0 aliphatic rings. The molecule has 0 amide bonds. The van der Waals surface area contributed by atoms with Crippen LogP contribution in [0.15, 0.2) is 21.4 Å². The van der Waals surface area contributed by atoms with Gasteiger partial charge in [0.2, 0.25) is 5.78 Å². The van der Waals surface area contributed by atoms with Crippen LogP contribution in [0, 0.1) is 6.92 Å². The lowest BCUT2D eigenvalue weighted by molar-refractivity contribution is 0.102. The summed E-state index contributed by atoms with van der Waals surface area (Å²) in [7, 11) is 4.01. The standard InChI is InChI=1S/C13H16BrN3OS/c1-9-7-19-8-10(9)13(18)12-11(14)6-15-17(12)5-4-16(2)3/h6-8H,4-5H2,1-3H3. The van der Waals surface area contributed by atoms with Crippen LogP contribution in [0.1, 0.15) is 21.6 Å². The van der Waals surface area contributed by atoms with Crippen LogP contribution < -0.4 is 0 Å². The number of aryl methyl sites for hydroxylation is 1. The van der Waals surface area contributed by atoms with Gasteiger partial charge in [0.15, 0.2) is 0 Å². The zero-order valence-corrected chi connectivity index (χ0v) is 13.6. The van der Waals surface area contributed by atoms with E-state index in [1.165, 1.54) is 0 Å². The van der Waals surface area contributed by atoms with Gasteiger partial charge >= 0.3 is 0 Å². The molecule has 2 rings (SSSR count). The smallest absolute Gasteiger partial charge is 0.213 e. The topological polar surface area (TPSA) is 38.1 Å². The molecule has 6 heteroatoms. The molecule has 102 valence electrons. The van der Waals surface area contributed by atoms with E-state index in [-0.39, 0.29) is 5.78 Å². The molecule has 0 radical (unpaired) electrons. The van der Waals surface area contributed by atoms with Crippen LogP contribution in [0.4, 0.5) is 0 Å². The monoisotopic (exact) mass is 341 g/mol. The first-order chi connectivity index (χ1) is 9.00. The molecule has 0 unspecified atom stereocenters. The maximum Gasteiger partial charge on any atom is 0.213 e. The van der Waals surface area contributed by atoms with E-state index in [1.807, 2.05) is 31.8 Å². The Bertz CT molecular complexity index is 588. The largest absolute Gasteiger partial charge is 0.308 e. The van der Waals surface area contributed by atoms with Gasteiger partial charge in [0, 0.05) is 17.5 Å². The first-order valence-corrected chi connectivity index (χ1v) is 7.68. The molecule has 0 bridgehead atoms. The van der Waals surface area contributed by atoms with E-state index in [0.29, 0.717) is 12.2 Å². The van der Waals surface area contributed by atoms with E-state index in [1.54, 1.807) is 22.2 Å². The molecular weight excluding hydrogens is 326 g/mol. The van der Waals surface area contributed by atoms with E-state index in [9.17, 15) is 4.79 Å². The van der Waals surface area contributed by atoms with Crippen molar-refractivity contribution in [2.45, 2.75) is 13.5 Å². The molecule has 2 aromatic heterocycles. The third kappa shape index (κ3) is 3.13. The Labute approximate surface area is 125 Å². The first-order valence-electron chi connectivity index (χ1n) is 5.94. The van der Waals surface area contributed by atoms with E-state index < -0.39 is 0 Å². The van der Waals surface area contributed by atoms with Crippen molar-refractivity contribution >= 4 is 33.0 Å². The highest BCUT2D eigenvalue weighted by Crippen LogP contribution is 2.23. The number of ketones is 1. The highest BCUT2D eigenvalue weighted by Gasteiger charge is 2.20. The van der Waals surface area contributed by atoms with Gasteiger partial charge < -0.3 is 4.90 Å². The van der Waals surface area contributed by atoms with Crippen molar-refractivity contribution < 1.29 is 4.79 Å². The van der Waals surface area contributed by atoms with E-state index in [4.69, 9.17) is 0 Å². The summed E-state index contributed by atoms with van der Waals surface area (Å²) in [5, 5.41) is 8.16. The summed E-state index contributed by atoms with van der Waals surface area (Å²) in [4.78, 5) is 14.6. The van der Waals surface area contributed by atoms with Gasteiger partial charge in [-0.15, -0.1) is 0 Å². The second-order valence-corrected chi connectivity index (χ2v) is 6.26. The van der Waals surface area contributed by atoms with Crippen molar-refractivity contribution in [2.24, 2.45) is 0 Å². The summed E-state index contributed by atoms with van der Waals surface area (Å²) in [6.07, 6.45) is 1.69. The highest BCUT2D eigenvalue weighted by atomic mass is 79.9. The van der Waals surface area contributed by atoms with Crippen molar-refractivity contribution in [3.05, 3.63) is 38.3 Å². The molecule has 0 spiro atoms. The molecule has 0 fully saturated rings. The minimum atomic E-state index is 0.0295. The Morgan fingerprint density at radius 1 is 1.47 bits per heavy atom. The number of hydrogen-bond acceptors (Lipinski definition) is 4. The quantitative estimate of drug-likeness (QED) is 0.785. The van der Waals surface area contributed by atoms with Crippen LogP contribution in [0.5, 0.6) is 0 Å². The van der Waals surface area contributed by atoms with Crippen molar-refractivity contribution in [3.8, 4) is 0 Å². The number of halogens is 1. The number of carbonyl (C=O) groups is 1. The number of aromatic nitrogens is 2. The molecule has 19 heavy (non-hydrogen) atoms. The van der Waals surface area contributed by atoms with Gasteiger partial charge in [0.25, 0.3) is 0 Å². The molecule has 0 aliphatic carbocycles. The number of carbonyl (C=O) groups excluding carboxylic acids is 1. The Balaban J connectivity index is 2.31. The van der Waals surface area contributed by atoms with Gasteiger partial charge in [0.1, 0.15) is 5.69 Å². The minimum Gasteiger partial charge on any atom is -0.308 e. The molecule has 4 nitrogen and oxygen atoms in total. The van der Waals surface area contributed by atoms with Crippen molar-refractivity contribution in [1.29, 1.82) is 0 Å². The van der Waals surface area contributed by atoms with Gasteiger partial charge in [-0.3, -0.25) is 9.48 Å². The Morgan fingerprint density at radius 3 is 2.79 bits per heavy atom. The Hall–Kier alpha value is -0.980. The minimum absolute atomic E-state index is 0.0295. The highest BCUT2D eigenvalue weighted by molar-refractivity contribution is 9.10. The van der Waals surface area contributed by atoms with Crippen LogP contribution in [-0.2, 0) is 6.54 Å². The van der Waals surface area contributed by atoms with Gasteiger partial charge in [-0.2, -0.15) is 16.4 Å². The molecular formula is C13H16BrN3OS. The number of likely N-dealkylation sites (N-methyl/N-ethyl adjacent to an activating group) is 1. The number of thiophene rings is 1. The summed E-state index contributed by atoms with van der Waals surface area (Å²) < 4.78 is 2.52. The van der Waals surface area contributed by atoms with Crippen molar-refractivity contribution in [1.82, 2.24) is 14.7 Å². The van der Waals surface area contributed by atoms with E-state index in [0.717, 1.165) is 22.1 Å². The summed E-state index contributed by atoms with van der Waals surface area (Å²) in [5.41, 5.74) is 2.41. The lowest BCUT2D eigenvalue weighted by Crippen LogP contribution is -2.21. The fourth-order valence-electron chi connectivity index (χ4n) is 1.77. The molecule has 0 aliphatic heterocycles. The Kier molecular flexibility index (Phi) is 4.54. The molecule has 2 heterocycles. The van der Waals surface area contributed by atoms with Crippen LogP contribution >= 0.6 is 27.3 Å². The van der Waals surface area contributed by atoms with Crippen LogP contribution in [0.2, 0.25) is 0 Å². The predicted octanol–water partition coefficient (Wildman–Crippen LogP) is 2.81. The molecule has 0 saturated carbocycles. The zero-order valence-electron chi connectivity index (χ0n) is 11.2. The van der Waals surface area contributed by atoms with E-state index >= 15 is 0 Å². The first kappa shape index (κ1) is 14.4. The molecule has 0 aromatic carbocycles. The lowest BCUT2D eigenvalue weighted by atomic mass is 10.1. The number of nitrogens with zero attached hydrogens (tertiary/aromatic N) is 3. The van der Waals surface area contributed by atoms with E-state index in [2.05, 4.69) is 25.9 Å². The van der Waals surface area contributed by atoms with Gasteiger partial charge in [0.05, 0.1) is 17.2 Å². The second kappa shape index (κ2) is 5.98. The van der Waals surface area contributed by atoms with Gasteiger partial charge in [-0.05, 0) is 47.9 Å². The molecule has 0 N–H and O–H groups in total. The van der Waals surface area contributed by atoms with Crippen molar-refractivity contribution in [3.63, 3.8) is 0 Å².